The third-order valence-corrected chi connectivity index (χ3v) is 6.07. The number of ether oxygens (including phenoxy) is 1. The summed E-state index contributed by atoms with van der Waals surface area (Å²) in [5.74, 6) is 1.45. The Morgan fingerprint density at radius 3 is 2.62 bits per heavy atom. The van der Waals surface area contributed by atoms with Gasteiger partial charge in [-0.15, -0.1) is 0 Å². The summed E-state index contributed by atoms with van der Waals surface area (Å²) in [4.78, 5) is 19.4. The van der Waals surface area contributed by atoms with E-state index in [1.54, 1.807) is 35.2 Å². The largest absolute Gasteiger partial charge is 0.504 e. The fraction of sp³-hybridized carbons (Fsp3) is 0.320. The smallest absolute Gasteiger partial charge is 0.322 e. The summed E-state index contributed by atoms with van der Waals surface area (Å²) in [7, 11) is 1.48. The molecule has 9 heteroatoms. The molecule has 178 valence electrons. The van der Waals surface area contributed by atoms with Gasteiger partial charge in [-0.3, -0.25) is 4.90 Å². The van der Waals surface area contributed by atoms with E-state index in [1.165, 1.54) is 7.11 Å². The fourth-order valence-corrected chi connectivity index (χ4v) is 4.03. The third kappa shape index (κ3) is 4.72. The van der Waals surface area contributed by atoms with Crippen LogP contribution in [-0.2, 0) is 0 Å². The normalized spacial score (nSPS) is 16.2. The number of phenols is 1. The second-order valence-electron chi connectivity index (χ2n) is 8.58. The van der Waals surface area contributed by atoms with Crippen molar-refractivity contribution >= 4 is 23.2 Å². The maximum Gasteiger partial charge on any atom is 0.322 e. The number of nitrogens with one attached hydrogen (secondary N) is 1. The van der Waals surface area contributed by atoms with E-state index in [2.05, 4.69) is 29.3 Å². The van der Waals surface area contributed by atoms with Crippen LogP contribution in [0, 0.1) is 5.92 Å². The first-order valence-corrected chi connectivity index (χ1v) is 11.4. The van der Waals surface area contributed by atoms with Crippen LogP contribution in [-0.4, -0.2) is 39.8 Å². The Hall–Kier alpha value is -3.52. The Kier molecular flexibility index (Phi) is 6.79. The van der Waals surface area contributed by atoms with E-state index in [1.807, 2.05) is 19.1 Å². The molecule has 2 aromatic carbocycles. The molecule has 4 rings (SSSR count). The Labute approximate surface area is 203 Å². The highest BCUT2D eigenvalue weighted by Gasteiger charge is 2.36. The number of benzene rings is 2. The summed E-state index contributed by atoms with van der Waals surface area (Å²) in [5.41, 5.74) is 2.81. The predicted octanol–water partition coefficient (Wildman–Crippen LogP) is 5.65. The van der Waals surface area contributed by atoms with E-state index in [9.17, 15) is 9.90 Å². The molecule has 2 N–H and O–H groups in total. The van der Waals surface area contributed by atoms with Gasteiger partial charge in [0, 0.05) is 22.8 Å². The van der Waals surface area contributed by atoms with Crippen molar-refractivity contribution in [1.82, 2.24) is 20.4 Å². The highest BCUT2D eigenvalue weighted by atomic mass is 35.5. The standard InChI is InChI=1S/C25H27ClN4O4/c1-14(2)11-12-30-15(3)21(24-28-23(29-34-24)16-5-8-18(26)9-6-16)22(27-25(30)32)17-7-10-20(33-4)19(31)13-17/h5-10,13-14,22,31H,11-12H2,1-4H3,(H,27,32). The number of methoxy groups -OCH3 is 1. The van der Waals surface area contributed by atoms with Crippen molar-refractivity contribution in [3.8, 4) is 22.9 Å². The summed E-state index contributed by atoms with van der Waals surface area (Å²) in [6, 6.07) is 11.3. The van der Waals surface area contributed by atoms with E-state index in [4.69, 9.17) is 20.9 Å². The number of allylic oxidation sites excluding steroid dienone is 1. The van der Waals surface area contributed by atoms with Crippen LogP contribution in [0.4, 0.5) is 4.79 Å². The first-order valence-electron chi connectivity index (χ1n) is 11.0. The molecule has 1 aromatic heterocycles. The summed E-state index contributed by atoms with van der Waals surface area (Å²) in [6.45, 7) is 6.65. The van der Waals surface area contributed by atoms with Gasteiger partial charge in [0.1, 0.15) is 0 Å². The van der Waals surface area contributed by atoms with Crippen molar-refractivity contribution in [2.45, 2.75) is 33.2 Å². The molecule has 0 bridgehead atoms. The van der Waals surface area contributed by atoms with E-state index < -0.39 is 6.04 Å². The quantitative estimate of drug-likeness (QED) is 0.451. The van der Waals surface area contributed by atoms with Crippen molar-refractivity contribution in [2.75, 3.05) is 13.7 Å². The van der Waals surface area contributed by atoms with Crippen LogP contribution in [0.15, 0.2) is 52.7 Å². The molecule has 0 saturated carbocycles. The molecule has 2 heterocycles. The van der Waals surface area contributed by atoms with Crippen molar-refractivity contribution < 1.29 is 19.2 Å². The number of halogens is 1. The first-order chi connectivity index (χ1) is 16.3. The SMILES string of the molecule is COc1ccc(C2NC(=O)N(CCC(C)C)C(C)=C2c2nc(-c3ccc(Cl)cc3)no2)cc1O. The topological polar surface area (TPSA) is 101 Å². The lowest BCUT2D eigenvalue weighted by molar-refractivity contribution is 0.202. The Bertz CT molecular complexity index is 1220. The predicted molar refractivity (Wildman–Crippen MR) is 129 cm³/mol. The fourth-order valence-electron chi connectivity index (χ4n) is 3.90. The maximum absolute atomic E-state index is 13.1. The minimum atomic E-state index is -0.599. The monoisotopic (exact) mass is 482 g/mol. The molecule has 34 heavy (non-hydrogen) atoms. The van der Waals surface area contributed by atoms with Gasteiger partial charge < -0.3 is 19.7 Å². The van der Waals surface area contributed by atoms with Gasteiger partial charge in [-0.25, -0.2) is 4.79 Å². The number of hydrogen-bond acceptors (Lipinski definition) is 6. The van der Waals surface area contributed by atoms with Crippen LogP contribution in [0.2, 0.25) is 5.02 Å². The van der Waals surface area contributed by atoms with Gasteiger partial charge >= 0.3 is 6.03 Å². The molecule has 1 aliphatic heterocycles. The lowest BCUT2D eigenvalue weighted by Gasteiger charge is -2.35. The van der Waals surface area contributed by atoms with Gasteiger partial charge in [0.05, 0.1) is 18.7 Å². The Balaban J connectivity index is 1.79. The average molecular weight is 483 g/mol. The summed E-state index contributed by atoms with van der Waals surface area (Å²) in [6.07, 6.45) is 0.839. The number of amides is 2. The van der Waals surface area contributed by atoms with Gasteiger partial charge in [0.15, 0.2) is 11.5 Å². The van der Waals surface area contributed by atoms with Crippen LogP contribution < -0.4 is 10.1 Å². The summed E-state index contributed by atoms with van der Waals surface area (Å²) in [5, 5.41) is 18.2. The van der Waals surface area contributed by atoms with Crippen molar-refractivity contribution in [3.63, 3.8) is 0 Å². The second kappa shape index (κ2) is 9.77. The summed E-state index contributed by atoms with van der Waals surface area (Å²) < 4.78 is 10.8. The molecular weight excluding hydrogens is 456 g/mol. The molecule has 3 aromatic rings. The molecule has 1 unspecified atom stereocenters. The van der Waals surface area contributed by atoms with Crippen LogP contribution >= 0.6 is 11.6 Å². The van der Waals surface area contributed by atoms with Crippen LogP contribution in [0.5, 0.6) is 11.5 Å². The van der Waals surface area contributed by atoms with Gasteiger partial charge in [-0.05, 0) is 61.2 Å². The molecule has 0 fully saturated rings. The molecule has 1 atom stereocenters. The molecule has 0 radical (unpaired) electrons. The minimum Gasteiger partial charge on any atom is -0.504 e. The minimum absolute atomic E-state index is 0.0270. The number of urea groups is 1. The molecule has 1 aliphatic rings. The maximum atomic E-state index is 13.1. The zero-order chi connectivity index (χ0) is 24.4. The number of carbonyl (C=O) groups excluding carboxylic acids is 1. The molecule has 0 aliphatic carbocycles. The van der Waals surface area contributed by atoms with Crippen LogP contribution in [0.25, 0.3) is 17.0 Å². The van der Waals surface area contributed by atoms with E-state index in [0.29, 0.717) is 40.2 Å². The molecule has 0 spiro atoms. The van der Waals surface area contributed by atoms with Crippen molar-refractivity contribution in [3.05, 3.63) is 64.6 Å². The molecule has 0 saturated heterocycles. The highest BCUT2D eigenvalue weighted by molar-refractivity contribution is 6.30. The Morgan fingerprint density at radius 1 is 1.24 bits per heavy atom. The van der Waals surface area contributed by atoms with E-state index in [0.717, 1.165) is 17.7 Å². The highest BCUT2D eigenvalue weighted by Crippen LogP contribution is 2.40. The van der Waals surface area contributed by atoms with Gasteiger partial charge in [-0.1, -0.05) is 36.7 Å². The van der Waals surface area contributed by atoms with E-state index >= 15 is 0 Å². The Morgan fingerprint density at radius 2 is 1.97 bits per heavy atom. The first kappa shape index (κ1) is 23.6. The van der Waals surface area contributed by atoms with Crippen molar-refractivity contribution in [2.24, 2.45) is 5.92 Å². The zero-order valence-corrected chi connectivity index (χ0v) is 20.3. The zero-order valence-electron chi connectivity index (χ0n) is 19.5. The van der Waals surface area contributed by atoms with Gasteiger partial charge in [0.2, 0.25) is 5.82 Å². The van der Waals surface area contributed by atoms with Gasteiger partial charge in [-0.2, -0.15) is 4.98 Å². The van der Waals surface area contributed by atoms with E-state index in [-0.39, 0.29) is 17.7 Å². The second-order valence-corrected chi connectivity index (χ2v) is 9.01. The average Bonchev–Trinajstić information content (AvgIpc) is 3.28. The lowest BCUT2D eigenvalue weighted by atomic mass is 9.94. The number of nitrogens with zero attached hydrogens (tertiary/aromatic N) is 3. The number of rotatable bonds is 7. The van der Waals surface area contributed by atoms with Crippen molar-refractivity contribution in [1.29, 1.82) is 0 Å². The number of aromatic hydroxyl groups is 1. The number of hydrogen-bond donors (Lipinski definition) is 2. The third-order valence-electron chi connectivity index (χ3n) is 5.82. The molecular formula is C25H27ClN4O4. The lowest BCUT2D eigenvalue weighted by Crippen LogP contribution is -2.46. The molecule has 8 nitrogen and oxygen atoms in total. The number of carbonyl (C=O) groups is 1. The van der Waals surface area contributed by atoms with Crippen LogP contribution in [0.3, 0.4) is 0 Å². The number of phenolic OH excluding ortho intramolecular Hbond substituents is 1. The van der Waals surface area contributed by atoms with Crippen LogP contribution in [0.1, 0.15) is 44.7 Å². The van der Waals surface area contributed by atoms with Gasteiger partial charge in [0.25, 0.3) is 5.89 Å². The number of aromatic nitrogens is 2. The summed E-state index contributed by atoms with van der Waals surface area (Å²) >= 11 is 6.00. The molecule has 2 amide bonds.